The van der Waals surface area contributed by atoms with Crippen LogP contribution in [0.4, 0.5) is 5.95 Å². The first-order valence-corrected chi connectivity index (χ1v) is 7.09. The highest BCUT2D eigenvalue weighted by atomic mass is 16.2. The van der Waals surface area contributed by atoms with Gasteiger partial charge in [-0.05, 0) is 25.7 Å². The molecule has 3 N–H and O–H groups in total. The van der Waals surface area contributed by atoms with Crippen LogP contribution in [0.1, 0.15) is 42.2 Å². The fourth-order valence-electron chi connectivity index (χ4n) is 2.58. The van der Waals surface area contributed by atoms with E-state index in [2.05, 4.69) is 20.6 Å². The zero-order valence-electron chi connectivity index (χ0n) is 11.9. The molecule has 0 bridgehead atoms. The van der Waals surface area contributed by atoms with Crippen molar-refractivity contribution in [1.29, 1.82) is 0 Å². The Morgan fingerprint density at radius 2 is 2.14 bits per heavy atom. The third-order valence-corrected chi connectivity index (χ3v) is 3.90. The lowest BCUT2D eigenvalue weighted by Gasteiger charge is -2.25. The minimum Gasteiger partial charge on any atom is -0.328 e. The zero-order chi connectivity index (χ0) is 14.8. The second kappa shape index (κ2) is 5.65. The van der Waals surface area contributed by atoms with Gasteiger partial charge in [0, 0.05) is 25.5 Å². The summed E-state index contributed by atoms with van der Waals surface area (Å²) in [5.41, 5.74) is 6.20. The molecular formula is C13H19N7O. The molecule has 0 aliphatic heterocycles. The van der Waals surface area contributed by atoms with E-state index in [0.29, 0.717) is 11.6 Å². The van der Waals surface area contributed by atoms with E-state index in [-0.39, 0.29) is 18.0 Å². The van der Waals surface area contributed by atoms with Crippen LogP contribution in [0.3, 0.4) is 0 Å². The van der Waals surface area contributed by atoms with Crippen LogP contribution in [0.25, 0.3) is 0 Å². The predicted molar refractivity (Wildman–Crippen MR) is 76.7 cm³/mol. The van der Waals surface area contributed by atoms with Gasteiger partial charge in [0.05, 0.1) is 12.2 Å². The molecule has 1 aliphatic carbocycles. The number of aryl methyl sites for hydroxylation is 1. The van der Waals surface area contributed by atoms with Gasteiger partial charge in [0.2, 0.25) is 5.95 Å². The number of carbonyl (C=O) groups is 1. The average Bonchev–Trinajstić information content (AvgIpc) is 3.10. The first kappa shape index (κ1) is 13.7. The number of hydrogen-bond acceptors (Lipinski definition) is 5. The smallest absolute Gasteiger partial charge is 0.280 e. The van der Waals surface area contributed by atoms with Gasteiger partial charge in [-0.1, -0.05) is 5.21 Å². The van der Waals surface area contributed by atoms with E-state index in [9.17, 15) is 4.79 Å². The number of nitrogens with one attached hydrogen (secondary N) is 1. The Hall–Kier alpha value is -2.22. The lowest BCUT2D eigenvalue weighted by molar-refractivity contribution is 0.102. The minimum absolute atomic E-state index is 0.284. The van der Waals surface area contributed by atoms with Crippen molar-refractivity contribution in [2.45, 2.75) is 37.8 Å². The topological polar surface area (TPSA) is 104 Å². The molecule has 2 aromatic heterocycles. The van der Waals surface area contributed by atoms with Crippen LogP contribution in [0.2, 0.25) is 0 Å². The molecule has 1 amide bonds. The molecule has 112 valence electrons. The monoisotopic (exact) mass is 289 g/mol. The van der Waals surface area contributed by atoms with Crippen molar-refractivity contribution in [3.8, 4) is 0 Å². The van der Waals surface area contributed by atoms with E-state index in [4.69, 9.17) is 5.73 Å². The van der Waals surface area contributed by atoms with E-state index in [0.717, 1.165) is 25.7 Å². The van der Waals surface area contributed by atoms with Gasteiger partial charge in [-0.15, -0.1) is 5.10 Å². The van der Waals surface area contributed by atoms with Crippen LogP contribution in [0.5, 0.6) is 0 Å². The Morgan fingerprint density at radius 1 is 1.38 bits per heavy atom. The van der Waals surface area contributed by atoms with Crippen molar-refractivity contribution in [3.63, 3.8) is 0 Å². The standard InChI is InChI=1S/C13H19N7O/c1-19-7-6-15-13(19)16-12(21)11-8-20(18-17-11)10-4-2-9(14)3-5-10/h6-10H,2-5,14H2,1H3,(H,15,16,21). The van der Waals surface area contributed by atoms with Crippen LogP contribution in [0.15, 0.2) is 18.6 Å². The van der Waals surface area contributed by atoms with E-state index >= 15 is 0 Å². The third kappa shape index (κ3) is 2.94. The summed E-state index contributed by atoms with van der Waals surface area (Å²) in [5, 5.41) is 10.7. The molecule has 2 heterocycles. The molecule has 0 atom stereocenters. The second-order valence-corrected chi connectivity index (χ2v) is 5.47. The summed E-state index contributed by atoms with van der Waals surface area (Å²) < 4.78 is 3.50. The second-order valence-electron chi connectivity index (χ2n) is 5.47. The lowest BCUT2D eigenvalue weighted by Crippen LogP contribution is -2.28. The number of nitrogens with zero attached hydrogens (tertiary/aromatic N) is 5. The number of nitrogens with two attached hydrogens (primary N) is 1. The number of aromatic nitrogens is 5. The molecule has 21 heavy (non-hydrogen) atoms. The van der Waals surface area contributed by atoms with E-state index < -0.39 is 0 Å². The molecule has 8 nitrogen and oxygen atoms in total. The van der Waals surface area contributed by atoms with Crippen LogP contribution in [-0.2, 0) is 7.05 Å². The van der Waals surface area contributed by atoms with Crippen LogP contribution >= 0.6 is 0 Å². The van der Waals surface area contributed by atoms with Gasteiger partial charge < -0.3 is 10.3 Å². The van der Waals surface area contributed by atoms with Gasteiger partial charge in [-0.3, -0.25) is 10.1 Å². The fourth-order valence-corrected chi connectivity index (χ4v) is 2.58. The van der Waals surface area contributed by atoms with E-state index in [1.165, 1.54) is 0 Å². The molecule has 3 rings (SSSR count). The number of amides is 1. The summed E-state index contributed by atoms with van der Waals surface area (Å²) in [4.78, 5) is 16.2. The fraction of sp³-hybridized carbons (Fsp3) is 0.538. The van der Waals surface area contributed by atoms with Crippen LogP contribution in [-0.4, -0.2) is 36.5 Å². The van der Waals surface area contributed by atoms with Crippen molar-refractivity contribution in [2.24, 2.45) is 12.8 Å². The Morgan fingerprint density at radius 3 is 2.81 bits per heavy atom. The van der Waals surface area contributed by atoms with Gasteiger partial charge in [0.25, 0.3) is 5.91 Å². The lowest BCUT2D eigenvalue weighted by atomic mass is 9.92. The van der Waals surface area contributed by atoms with Gasteiger partial charge in [0.15, 0.2) is 5.69 Å². The summed E-state index contributed by atoms with van der Waals surface area (Å²) in [6.07, 6.45) is 9.00. The predicted octanol–water partition coefficient (Wildman–Crippen LogP) is 0.706. The van der Waals surface area contributed by atoms with E-state index in [1.54, 1.807) is 27.8 Å². The summed E-state index contributed by atoms with van der Waals surface area (Å²) in [6.45, 7) is 0. The molecule has 0 unspecified atom stereocenters. The highest BCUT2D eigenvalue weighted by Crippen LogP contribution is 2.26. The number of rotatable bonds is 3. The maximum Gasteiger partial charge on any atom is 0.280 e. The molecule has 1 fully saturated rings. The molecule has 1 aliphatic rings. The maximum absolute atomic E-state index is 12.1. The largest absolute Gasteiger partial charge is 0.328 e. The van der Waals surface area contributed by atoms with Crippen molar-refractivity contribution in [1.82, 2.24) is 24.5 Å². The number of imidazole rings is 1. The summed E-state index contributed by atoms with van der Waals surface area (Å²) in [6, 6.07) is 0.572. The highest BCUT2D eigenvalue weighted by Gasteiger charge is 2.22. The van der Waals surface area contributed by atoms with Crippen molar-refractivity contribution >= 4 is 11.9 Å². The van der Waals surface area contributed by atoms with Crippen LogP contribution in [0, 0.1) is 0 Å². The Bertz CT molecular complexity index is 624. The molecule has 0 radical (unpaired) electrons. The van der Waals surface area contributed by atoms with Crippen molar-refractivity contribution in [3.05, 3.63) is 24.3 Å². The Balaban J connectivity index is 1.67. The molecule has 1 saturated carbocycles. The quantitative estimate of drug-likeness (QED) is 0.866. The zero-order valence-corrected chi connectivity index (χ0v) is 11.9. The van der Waals surface area contributed by atoms with Crippen molar-refractivity contribution < 1.29 is 4.79 Å². The molecule has 0 saturated heterocycles. The summed E-state index contributed by atoms with van der Waals surface area (Å²) in [5.74, 6) is 0.182. The summed E-state index contributed by atoms with van der Waals surface area (Å²) >= 11 is 0. The van der Waals surface area contributed by atoms with Gasteiger partial charge >= 0.3 is 0 Å². The van der Waals surface area contributed by atoms with Crippen LogP contribution < -0.4 is 11.1 Å². The van der Waals surface area contributed by atoms with Gasteiger partial charge in [-0.2, -0.15) is 0 Å². The molecule has 0 spiro atoms. The van der Waals surface area contributed by atoms with Gasteiger partial charge in [0.1, 0.15) is 0 Å². The summed E-state index contributed by atoms with van der Waals surface area (Å²) in [7, 11) is 1.81. The first-order chi connectivity index (χ1) is 10.1. The number of carbonyl (C=O) groups excluding carboxylic acids is 1. The first-order valence-electron chi connectivity index (χ1n) is 7.09. The van der Waals surface area contributed by atoms with Crippen molar-refractivity contribution in [2.75, 3.05) is 5.32 Å². The minimum atomic E-state index is -0.303. The number of hydrogen-bond donors (Lipinski definition) is 2. The average molecular weight is 289 g/mol. The highest BCUT2D eigenvalue weighted by molar-refractivity contribution is 6.01. The molecule has 2 aromatic rings. The Kier molecular flexibility index (Phi) is 3.70. The number of anilines is 1. The van der Waals surface area contributed by atoms with Gasteiger partial charge in [-0.25, -0.2) is 9.67 Å². The normalized spacial score (nSPS) is 22.2. The van der Waals surface area contributed by atoms with E-state index in [1.807, 2.05) is 7.05 Å². The SMILES string of the molecule is Cn1ccnc1NC(=O)c1cn(C2CCC(N)CC2)nn1. The molecule has 0 aromatic carbocycles. The Labute approximate surface area is 122 Å². The molecule has 8 heteroatoms. The maximum atomic E-state index is 12.1. The third-order valence-electron chi connectivity index (χ3n) is 3.90. The molecular weight excluding hydrogens is 270 g/mol.